The van der Waals surface area contributed by atoms with Crippen molar-refractivity contribution < 1.29 is 0 Å². The van der Waals surface area contributed by atoms with Gasteiger partial charge in [0.25, 0.3) is 0 Å². The summed E-state index contributed by atoms with van der Waals surface area (Å²) in [7, 11) is 0. The predicted molar refractivity (Wildman–Crippen MR) is 188 cm³/mol. The maximum absolute atomic E-state index is 2.61. The van der Waals surface area contributed by atoms with E-state index < -0.39 is 0 Å². The maximum atomic E-state index is 2.61. The van der Waals surface area contributed by atoms with Crippen molar-refractivity contribution >= 4 is 0 Å². The van der Waals surface area contributed by atoms with Crippen LogP contribution in [0.1, 0.15) is 151 Å². The lowest BCUT2D eigenvalue weighted by atomic mass is 9.57. The lowest BCUT2D eigenvalue weighted by Crippen LogP contribution is -2.39. The quantitative estimate of drug-likeness (QED) is 0.285. The van der Waals surface area contributed by atoms with Crippen LogP contribution >= 0.6 is 0 Å². The van der Waals surface area contributed by atoms with Gasteiger partial charge in [-0.15, -0.1) is 0 Å². The number of allylic oxidation sites excluding steroid dienone is 4. The van der Waals surface area contributed by atoms with Gasteiger partial charge in [-0.3, -0.25) is 0 Å². The Hall–Kier alpha value is -0.520. The van der Waals surface area contributed by atoms with E-state index in [1.807, 2.05) is 0 Å². The highest BCUT2D eigenvalue weighted by Crippen LogP contribution is 2.68. The standard InChI is InChI=1S/C21H38.C20H34.CH4/c1-12-13(2)17(6)20(9,16(12)5)11-21(10)18(7)14(3)15(4)19(21)8;1-11-13(3)19(7)10-20(8)14(4)12(2)18(16(20)6)9-17(11)15(19)5;/h12-14,16-18H,11H2,1-10H3;11,13,15-18H,9-10H2,1-8H3;1H4/t12-,13?,14+,16?,17+,18?,20?,21-;11?,13-,15?,16?,17+,18+,19?,20-;/m10./s1. The van der Waals surface area contributed by atoms with Crippen molar-refractivity contribution in [2.45, 2.75) is 151 Å². The number of hydrogen-bond donors (Lipinski definition) is 0. The third-order valence-electron chi connectivity index (χ3n) is 18.2. The lowest BCUT2D eigenvalue weighted by Gasteiger charge is -2.47. The molecule has 42 heavy (non-hydrogen) atoms. The van der Waals surface area contributed by atoms with Gasteiger partial charge in [0, 0.05) is 0 Å². The molecule has 5 aliphatic rings. The summed E-state index contributed by atoms with van der Waals surface area (Å²) in [5.74, 6) is 10.2. The number of rotatable bonds is 2. The Labute approximate surface area is 265 Å². The van der Waals surface area contributed by atoms with Gasteiger partial charge in [0.15, 0.2) is 0 Å². The Morgan fingerprint density at radius 1 is 0.571 bits per heavy atom. The van der Waals surface area contributed by atoms with Crippen LogP contribution in [0.2, 0.25) is 0 Å². The van der Waals surface area contributed by atoms with Crippen LogP contribution in [-0.4, -0.2) is 0 Å². The Morgan fingerprint density at radius 3 is 1.52 bits per heavy atom. The highest BCUT2D eigenvalue weighted by Gasteiger charge is 2.60. The first-order valence-electron chi connectivity index (χ1n) is 18.0. The molecule has 0 nitrogen and oxygen atoms in total. The fourth-order valence-corrected chi connectivity index (χ4v) is 12.7. The normalized spacial score (nSPS) is 55.3. The van der Waals surface area contributed by atoms with Gasteiger partial charge in [0.05, 0.1) is 0 Å². The molecule has 4 bridgehead atoms. The molecule has 0 aromatic heterocycles. The molecule has 5 rings (SSSR count). The summed E-state index contributed by atoms with van der Waals surface area (Å²) in [5.41, 5.74) is 8.67. The smallest absolute Gasteiger partial charge is 0.00798 e. The monoisotopic (exact) mass is 581 g/mol. The van der Waals surface area contributed by atoms with Crippen LogP contribution in [-0.2, 0) is 0 Å². The minimum atomic E-state index is 0. The number of fused-ring (bicyclic) bond motifs is 4. The van der Waals surface area contributed by atoms with Crippen molar-refractivity contribution in [2.24, 2.45) is 92.7 Å². The summed E-state index contributed by atoms with van der Waals surface area (Å²) >= 11 is 0. The number of hydrogen-bond acceptors (Lipinski definition) is 0. The minimum Gasteiger partial charge on any atom is -0.0776 e. The molecule has 244 valence electrons. The van der Waals surface area contributed by atoms with Gasteiger partial charge >= 0.3 is 0 Å². The van der Waals surface area contributed by atoms with Crippen LogP contribution in [0.3, 0.4) is 0 Å². The van der Waals surface area contributed by atoms with Gasteiger partial charge in [0.2, 0.25) is 0 Å². The highest BCUT2D eigenvalue weighted by atomic mass is 14.6. The molecule has 0 N–H and O–H groups in total. The van der Waals surface area contributed by atoms with E-state index in [4.69, 9.17) is 0 Å². The molecule has 3 saturated carbocycles. The maximum Gasteiger partial charge on any atom is -0.00798 e. The average Bonchev–Trinajstić information content (AvgIpc) is 3.32. The molecule has 8 unspecified atom stereocenters. The van der Waals surface area contributed by atoms with Gasteiger partial charge < -0.3 is 0 Å². The van der Waals surface area contributed by atoms with Gasteiger partial charge in [-0.1, -0.05) is 127 Å². The molecule has 16 atom stereocenters. The van der Waals surface area contributed by atoms with Crippen LogP contribution in [0.25, 0.3) is 0 Å². The van der Waals surface area contributed by atoms with Crippen LogP contribution in [0.15, 0.2) is 22.3 Å². The lowest BCUT2D eigenvalue weighted by molar-refractivity contribution is 0.0415. The summed E-state index contributed by atoms with van der Waals surface area (Å²) in [6.45, 7) is 45.1. The Bertz CT molecular complexity index is 1060. The van der Waals surface area contributed by atoms with Gasteiger partial charge in [-0.2, -0.15) is 0 Å². The summed E-state index contributed by atoms with van der Waals surface area (Å²) in [5, 5.41) is 0. The first-order chi connectivity index (χ1) is 18.6. The third kappa shape index (κ3) is 4.70. The Kier molecular flexibility index (Phi) is 9.74. The van der Waals surface area contributed by atoms with Gasteiger partial charge in [-0.05, 0) is 140 Å². The van der Waals surface area contributed by atoms with E-state index in [9.17, 15) is 0 Å². The SMILES string of the molecule is C.CC1=C(C)[C@](C)(CC2(C)C(C)[C@H](C)C(C)[C@@H]2C)C(C)[C@H]1C.CC1=C(C)[C@]2(C)CC3(C)C(C)[C@H](C[C@H]1C2C)C(C)[C@@H]3C. The van der Waals surface area contributed by atoms with Crippen molar-refractivity contribution in [3.63, 3.8) is 0 Å². The summed E-state index contributed by atoms with van der Waals surface area (Å²) in [6.07, 6.45) is 4.22. The predicted octanol–water partition coefficient (Wildman–Crippen LogP) is 13.1. The van der Waals surface area contributed by atoms with Crippen molar-refractivity contribution in [1.82, 2.24) is 0 Å². The van der Waals surface area contributed by atoms with Crippen LogP contribution in [0.4, 0.5) is 0 Å². The minimum absolute atomic E-state index is 0. The molecule has 0 amide bonds. The van der Waals surface area contributed by atoms with Gasteiger partial charge in [-0.25, -0.2) is 0 Å². The molecule has 0 heteroatoms. The molecular weight excluding hydrogens is 504 g/mol. The fraction of sp³-hybridized carbons (Fsp3) is 0.905. The van der Waals surface area contributed by atoms with E-state index in [1.165, 1.54) is 19.3 Å². The van der Waals surface area contributed by atoms with E-state index >= 15 is 0 Å². The topological polar surface area (TPSA) is 0 Å². The highest BCUT2D eigenvalue weighted by molar-refractivity contribution is 5.32. The molecule has 0 aromatic carbocycles. The summed E-state index contributed by atoms with van der Waals surface area (Å²) < 4.78 is 0. The van der Waals surface area contributed by atoms with Crippen molar-refractivity contribution in [2.75, 3.05) is 0 Å². The second kappa shape index (κ2) is 11.4. The zero-order valence-electron chi connectivity index (χ0n) is 31.0. The average molecular weight is 581 g/mol. The Morgan fingerprint density at radius 2 is 1.07 bits per heavy atom. The zero-order chi connectivity index (χ0) is 31.4. The molecular formula is C42H76. The van der Waals surface area contributed by atoms with E-state index in [2.05, 4.69) is 125 Å². The summed E-state index contributed by atoms with van der Waals surface area (Å²) in [6, 6.07) is 0. The molecule has 0 aromatic rings. The molecule has 3 fully saturated rings. The van der Waals surface area contributed by atoms with Crippen LogP contribution in [0, 0.1) is 92.7 Å². The molecule has 0 heterocycles. The summed E-state index contributed by atoms with van der Waals surface area (Å²) in [4.78, 5) is 0. The zero-order valence-corrected chi connectivity index (χ0v) is 31.0. The molecule has 0 aliphatic heterocycles. The molecule has 0 radical (unpaired) electrons. The van der Waals surface area contributed by atoms with E-state index in [-0.39, 0.29) is 7.43 Å². The van der Waals surface area contributed by atoms with Crippen molar-refractivity contribution in [3.05, 3.63) is 22.3 Å². The third-order valence-corrected chi connectivity index (χ3v) is 18.2. The second-order valence-corrected chi connectivity index (χ2v) is 18.4. The van der Waals surface area contributed by atoms with Crippen LogP contribution < -0.4 is 0 Å². The molecule has 0 spiro atoms. The van der Waals surface area contributed by atoms with E-state index in [1.54, 1.807) is 22.3 Å². The van der Waals surface area contributed by atoms with Crippen molar-refractivity contribution in [3.8, 4) is 0 Å². The fourth-order valence-electron chi connectivity index (χ4n) is 12.7. The second-order valence-electron chi connectivity index (χ2n) is 18.4. The largest absolute Gasteiger partial charge is 0.0776 e. The van der Waals surface area contributed by atoms with Crippen LogP contribution in [0.5, 0.6) is 0 Å². The first kappa shape index (κ1) is 36.0. The van der Waals surface area contributed by atoms with Crippen molar-refractivity contribution in [1.29, 1.82) is 0 Å². The molecule has 5 aliphatic carbocycles. The molecule has 0 saturated heterocycles. The van der Waals surface area contributed by atoms with Gasteiger partial charge in [0.1, 0.15) is 0 Å². The van der Waals surface area contributed by atoms with E-state index in [0.717, 1.165) is 71.0 Å². The first-order valence-corrected chi connectivity index (χ1v) is 18.0. The van der Waals surface area contributed by atoms with E-state index in [0.29, 0.717) is 21.7 Å². The Balaban J connectivity index is 0.000000225.